The average molecular weight is 330 g/mol. The van der Waals surface area contributed by atoms with Crippen LogP contribution in [0.2, 0.25) is 0 Å². The van der Waals surface area contributed by atoms with E-state index in [1.165, 1.54) is 17.6 Å². The predicted molar refractivity (Wildman–Crippen MR) is 72.9 cm³/mol. The molecule has 0 fully saturated rings. The monoisotopic (exact) mass is 330 g/mol. The molecule has 0 saturated carbocycles. The maximum Gasteiger partial charge on any atom is 0.406 e. The Morgan fingerprint density at radius 1 is 1.41 bits per heavy atom. The van der Waals surface area contributed by atoms with E-state index < -0.39 is 24.5 Å². The molecule has 2 heterocycles. The summed E-state index contributed by atoms with van der Waals surface area (Å²) in [6, 6.07) is 1.21. The van der Waals surface area contributed by atoms with E-state index in [4.69, 9.17) is 5.11 Å². The first-order chi connectivity index (χ1) is 10.3. The highest BCUT2D eigenvalue weighted by Crippen LogP contribution is 2.19. The summed E-state index contributed by atoms with van der Waals surface area (Å²) in [7, 11) is 0. The molecule has 0 aliphatic carbocycles. The molecule has 0 unspecified atom stereocenters. The number of aromatic carboxylic acids is 1. The van der Waals surface area contributed by atoms with Crippen molar-refractivity contribution in [3.63, 3.8) is 0 Å². The first-order valence-corrected chi connectivity index (χ1v) is 6.76. The summed E-state index contributed by atoms with van der Waals surface area (Å²) in [6.45, 7) is -1.21. The van der Waals surface area contributed by atoms with Gasteiger partial charge in [0, 0.05) is 23.3 Å². The molecule has 2 rings (SSSR count). The van der Waals surface area contributed by atoms with Gasteiger partial charge in [0.2, 0.25) is 0 Å². The SMILES string of the molecule is O=C(C=Cc1nccn1CC(F)(F)F)c1csc(C(=O)O)c1. The average Bonchev–Trinajstić information content (AvgIpc) is 3.03. The Balaban J connectivity index is 2.13. The number of carboxylic acid groups (broad SMARTS) is 1. The lowest BCUT2D eigenvalue weighted by molar-refractivity contribution is -0.140. The summed E-state index contributed by atoms with van der Waals surface area (Å²) < 4.78 is 37.9. The predicted octanol–water partition coefficient (Wildman–Crippen LogP) is 3.10. The second-order valence-corrected chi connectivity index (χ2v) is 5.14. The number of allylic oxidation sites excluding steroid dienone is 1. The number of thiophene rings is 1. The van der Waals surface area contributed by atoms with Gasteiger partial charge in [0.25, 0.3) is 0 Å². The minimum Gasteiger partial charge on any atom is -0.477 e. The van der Waals surface area contributed by atoms with Gasteiger partial charge in [-0.15, -0.1) is 11.3 Å². The van der Waals surface area contributed by atoms with E-state index >= 15 is 0 Å². The second kappa shape index (κ2) is 6.14. The van der Waals surface area contributed by atoms with Crippen LogP contribution in [0.4, 0.5) is 13.2 Å². The van der Waals surface area contributed by atoms with Crippen molar-refractivity contribution in [3.05, 3.63) is 46.2 Å². The minimum absolute atomic E-state index is 0.00956. The quantitative estimate of drug-likeness (QED) is 0.675. The molecule has 0 radical (unpaired) electrons. The molecule has 0 spiro atoms. The molecule has 2 aromatic heterocycles. The number of carbonyl (C=O) groups is 2. The number of alkyl halides is 3. The topological polar surface area (TPSA) is 72.2 Å². The molecule has 0 saturated heterocycles. The van der Waals surface area contributed by atoms with Crippen molar-refractivity contribution >= 4 is 29.2 Å². The maximum absolute atomic E-state index is 12.3. The van der Waals surface area contributed by atoms with E-state index in [0.29, 0.717) is 0 Å². The van der Waals surface area contributed by atoms with Crippen LogP contribution < -0.4 is 0 Å². The molecule has 0 bridgehead atoms. The van der Waals surface area contributed by atoms with Gasteiger partial charge < -0.3 is 9.67 Å². The van der Waals surface area contributed by atoms with Gasteiger partial charge in [0.05, 0.1) is 0 Å². The van der Waals surface area contributed by atoms with Crippen molar-refractivity contribution < 1.29 is 27.9 Å². The zero-order valence-electron chi connectivity index (χ0n) is 10.9. The fourth-order valence-electron chi connectivity index (χ4n) is 1.63. The molecule has 0 aliphatic heterocycles. The standard InChI is InChI=1S/C13H9F3N2O3S/c14-13(15,16)7-18-4-3-17-11(18)2-1-9(19)8-5-10(12(20)21)22-6-8/h1-6H,7H2,(H,20,21). The number of ketones is 1. The van der Waals surface area contributed by atoms with E-state index in [0.717, 1.165) is 34.3 Å². The number of halogens is 3. The Labute approximate surface area is 126 Å². The third-order valence-corrected chi connectivity index (χ3v) is 3.49. The number of hydrogen-bond donors (Lipinski definition) is 1. The van der Waals surface area contributed by atoms with Gasteiger partial charge in [0.15, 0.2) is 5.78 Å². The highest BCUT2D eigenvalue weighted by Gasteiger charge is 2.28. The summed E-state index contributed by atoms with van der Waals surface area (Å²) in [5.41, 5.74) is 0.160. The van der Waals surface area contributed by atoms with Crippen LogP contribution in [0.3, 0.4) is 0 Å². The fourth-order valence-corrected chi connectivity index (χ4v) is 2.36. The number of imidazole rings is 1. The number of rotatable bonds is 5. The van der Waals surface area contributed by atoms with Crippen LogP contribution in [-0.2, 0) is 6.54 Å². The summed E-state index contributed by atoms with van der Waals surface area (Å²) in [4.78, 5) is 26.3. The Kier molecular flexibility index (Phi) is 4.45. The molecule has 1 N–H and O–H groups in total. The van der Waals surface area contributed by atoms with Gasteiger partial charge in [-0.2, -0.15) is 13.2 Å². The van der Waals surface area contributed by atoms with E-state index in [2.05, 4.69) is 4.98 Å². The summed E-state index contributed by atoms with van der Waals surface area (Å²) in [6.07, 6.45) is 0.180. The van der Waals surface area contributed by atoms with Crippen molar-refractivity contribution in [2.24, 2.45) is 0 Å². The van der Waals surface area contributed by atoms with E-state index in [1.54, 1.807) is 0 Å². The fraction of sp³-hybridized carbons (Fsp3) is 0.154. The number of nitrogens with zero attached hydrogens (tertiary/aromatic N) is 2. The molecule has 9 heteroatoms. The third-order valence-electron chi connectivity index (χ3n) is 2.58. The molecular weight excluding hydrogens is 321 g/mol. The third kappa shape index (κ3) is 4.04. The van der Waals surface area contributed by atoms with Crippen molar-refractivity contribution in [1.29, 1.82) is 0 Å². The van der Waals surface area contributed by atoms with E-state index in [1.807, 2.05) is 0 Å². The summed E-state index contributed by atoms with van der Waals surface area (Å²) >= 11 is 0.896. The number of carboxylic acids is 1. The lowest BCUT2D eigenvalue weighted by atomic mass is 10.2. The molecule has 0 amide bonds. The van der Waals surface area contributed by atoms with Crippen LogP contribution in [0, 0.1) is 0 Å². The van der Waals surface area contributed by atoms with Crippen LogP contribution >= 0.6 is 11.3 Å². The molecule has 0 atom stereocenters. The van der Waals surface area contributed by atoms with Gasteiger partial charge in [-0.3, -0.25) is 4.79 Å². The summed E-state index contributed by atoms with van der Waals surface area (Å²) in [5.74, 6) is -1.67. The first-order valence-electron chi connectivity index (χ1n) is 5.88. The van der Waals surface area contributed by atoms with Crippen LogP contribution in [0.25, 0.3) is 6.08 Å². The largest absolute Gasteiger partial charge is 0.477 e. The van der Waals surface area contributed by atoms with Crippen LogP contribution in [0.15, 0.2) is 29.9 Å². The van der Waals surface area contributed by atoms with Crippen LogP contribution in [0.1, 0.15) is 25.9 Å². The highest BCUT2D eigenvalue weighted by atomic mass is 32.1. The van der Waals surface area contributed by atoms with Gasteiger partial charge in [-0.1, -0.05) is 0 Å². The normalized spacial score (nSPS) is 12.0. The zero-order chi connectivity index (χ0) is 16.3. The number of hydrogen-bond acceptors (Lipinski definition) is 4. The molecule has 0 aliphatic rings. The Morgan fingerprint density at radius 3 is 2.73 bits per heavy atom. The first kappa shape index (κ1) is 16.0. The van der Waals surface area contributed by atoms with Crippen molar-refractivity contribution in [2.45, 2.75) is 12.7 Å². The van der Waals surface area contributed by atoms with Gasteiger partial charge in [-0.25, -0.2) is 9.78 Å². The molecule has 116 valence electrons. The smallest absolute Gasteiger partial charge is 0.406 e. The number of aromatic nitrogens is 2. The molecule has 22 heavy (non-hydrogen) atoms. The minimum atomic E-state index is -4.39. The molecule has 2 aromatic rings. The maximum atomic E-state index is 12.3. The Bertz CT molecular complexity index is 731. The molecule has 0 aromatic carbocycles. The molecule has 5 nitrogen and oxygen atoms in total. The van der Waals surface area contributed by atoms with Gasteiger partial charge in [0.1, 0.15) is 17.2 Å². The van der Waals surface area contributed by atoms with Crippen LogP contribution in [0.5, 0.6) is 0 Å². The second-order valence-electron chi connectivity index (χ2n) is 4.23. The van der Waals surface area contributed by atoms with Crippen molar-refractivity contribution in [2.75, 3.05) is 0 Å². The lowest BCUT2D eigenvalue weighted by Crippen LogP contribution is -2.18. The zero-order valence-corrected chi connectivity index (χ0v) is 11.7. The van der Waals surface area contributed by atoms with Gasteiger partial charge in [-0.05, 0) is 18.2 Å². The molecular formula is C13H9F3N2O3S. The Morgan fingerprint density at radius 2 is 2.14 bits per heavy atom. The highest BCUT2D eigenvalue weighted by molar-refractivity contribution is 7.12. The number of carbonyl (C=O) groups excluding carboxylic acids is 1. The van der Waals surface area contributed by atoms with Crippen LogP contribution in [-0.4, -0.2) is 32.6 Å². The van der Waals surface area contributed by atoms with Crippen molar-refractivity contribution in [1.82, 2.24) is 9.55 Å². The lowest BCUT2D eigenvalue weighted by Gasteiger charge is -2.08. The Hall–Kier alpha value is -2.42. The van der Waals surface area contributed by atoms with E-state index in [9.17, 15) is 22.8 Å². The van der Waals surface area contributed by atoms with Gasteiger partial charge >= 0.3 is 12.1 Å². The van der Waals surface area contributed by atoms with Crippen molar-refractivity contribution in [3.8, 4) is 0 Å². The summed E-state index contributed by atoms with van der Waals surface area (Å²) in [5, 5.41) is 10.1. The van der Waals surface area contributed by atoms with E-state index in [-0.39, 0.29) is 16.3 Å².